The Kier molecular flexibility index (Phi) is 5.07. The highest BCUT2D eigenvalue weighted by atomic mass is 32.2. The van der Waals surface area contributed by atoms with E-state index in [4.69, 9.17) is 5.73 Å². The van der Waals surface area contributed by atoms with Crippen molar-refractivity contribution >= 4 is 29.2 Å². The molecule has 28 heavy (non-hydrogen) atoms. The Morgan fingerprint density at radius 2 is 1.61 bits per heavy atom. The summed E-state index contributed by atoms with van der Waals surface area (Å²) >= 11 is 1.43. The minimum Gasteiger partial charge on any atom is -0.382 e. The summed E-state index contributed by atoms with van der Waals surface area (Å²) in [5.41, 5.74) is 7.36. The molecule has 2 aromatic heterocycles. The van der Waals surface area contributed by atoms with Crippen LogP contribution in [0, 0.1) is 0 Å². The number of rotatable bonds is 5. The van der Waals surface area contributed by atoms with Gasteiger partial charge in [0.15, 0.2) is 11.6 Å². The number of nitrogen functional groups attached to an aromatic ring is 1. The van der Waals surface area contributed by atoms with Crippen molar-refractivity contribution in [1.82, 2.24) is 14.8 Å². The number of benzene rings is 2. The lowest BCUT2D eigenvalue weighted by Crippen LogP contribution is -2.13. The van der Waals surface area contributed by atoms with Crippen LogP contribution in [0.15, 0.2) is 95.0 Å². The summed E-state index contributed by atoms with van der Waals surface area (Å²) in [5.74, 6) is 0.652. The number of aromatic nitrogens is 3. The molecule has 0 saturated carbocycles. The number of nitrogens with zero attached hydrogens (tertiary/aromatic N) is 3. The van der Waals surface area contributed by atoms with Gasteiger partial charge in [0, 0.05) is 16.7 Å². The molecule has 2 aromatic carbocycles. The minimum absolute atomic E-state index is 0.247. The summed E-state index contributed by atoms with van der Waals surface area (Å²) in [4.78, 5) is 18.0. The SMILES string of the molecule is Nc1c(NC(=O)c2ccccc2)c(Sc2ccccc2)nn1-c1ccccn1. The lowest BCUT2D eigenvalue weighted by Gasteiger charge is -2.07. The van der Waals surface area contributed by atoms with Crippen LogP contribution >= 0.6 is 11.8 Å². The van der Waals surface area contributed by atoms with Gasteiger partial charge in [-0.25, -0.2) is 4.98 Å². The van der Waals surface area contributed by atoms with Gasteiger partial charge in [-0.1, -0.05) is 54.2 Å². The van der Waals surface area contributed by atoms with Crippen LogP contribution in [0.1, 0.15) is 10.4 Å². The Bertz CT molecular complexity index is 1080. The lowest BCUT2D eigenvalue weighted by atomic mass is 10.2. The number of anilines is 2. The van der Waals surface area contributed by atoms with E-state index in [0.29, 0.717) is 27.9 Å². The average Bonchev–Trinajstić information content (AvgIpc) is 3.05. The van der Waals surface area contributed by atoms with E-state index in [0.717, 1.165) is 4.90 Å². The molecule has 7 heteroatoms. The Balaban J connectivity index is 1.74. The van der Waals surface area contributed by atoms with E-state index in [2.05, 4.69) is 15.4 Å². The summed E-state index contributed by atoms with van der Waals surface area (Å²) in [6.07, 6.45) is 1.67. The normalized spacial score (nSPS) is 10.6. The molecule has 2 heterocycles. The molecule has 0 aliphatic carbocycles. The van der Waals surface area contributed by atoms with E-state index in [9.17, 15) is 4.79 Å². The monoisotopic (exact) mass is 387 g/mol. The van der Waals surface area contributed by atoms with Gasteiger partial charge < -0.3 is 11.1 Å². The maximum absolute atomic E-state index is 12.7. The Labute approximate surface area is 166 Å². The maximum Gasteiger partial charge on any atom is 0.255 e. The van der Waals surface area contributed by atoms with E-state index in [-0.39, 0.29) is 5.91 Å². The van der Waals surface area contributed by atoms with Crippen molar-refractivity contribution in [2.45, 2.75) is 9.92 Å². The van der Waals surface area contributed by atoms with Crippen LogP contribution < -0.4 is 11.1 Å². The molecule has 0 radical (unpaired) electrons. The van der Waals surface area contributed by atoms with Crippen LogP contribution in [-0.2, 0) is 0 Å². The van der Waals surface area contributed by atoms with E-state index >= 15 is 0 Å². The van der Waals surface area contributed by atoms with Gasteiger partial charge in [0.1, 0.15) is 10.7 Å². The smallest absolute Gasteiger partial charge is 0.255 e. The summed E-state index contributed by atoms with van der Waals surface area (Å²) < 4.78 is 1.53. The molecule has 0 spiro atoms. The van der Waals surface area contributed by atoms with Gasteiger partial charge >= 0.3 is 0 Å². The number of hydrogen-bond acceptors (Lipinski definition) is 5. The molecule has 0 bridgehead atoms. The second-order valence-electron chi connectivity index (χ2n) is 5.90. The van der Waals surface area contributed by atoms with Crippen LogP contribution in [0.2, 0.25) is 0 Å². The van der Waals surface area contributed by atoms with Crippen molar-refractivity contribution in [3.63, 3.8) is 0 Å². The van der Waals surface area contributed by atoms with Crippen molar-refractivity contribution in [1.29, 1.82) is 0 Å². The first-order chi connectivity index (χ1) is 13.7. The Morgan fingerprint density at radius 3 is 2.29 bits per heavy atom. The standard InChI is InChI=1S/C21H17N5OS/c22-19-18(24-20(27)15-9-3-1-4-10-15)21(28-16-11-5-2-6-12-16)25-26(19)17-13-7-8-14-23-17/h1-14H,22H2,(H,24,27). The van der Waals surface area contributed by atoms with Gasteiger partial charge in [-0.15, -0.1) is 0 Å². The number of amides is 1. The van der Waals surface area contributed by atoms with Crippen molar-refractivity contribution < 1.29 is 4.79 Å². The Hall–Kier alpha value is -3.58. The fraction of sp³-hybridized carbons (Fsp3) is 0. The van der Waals surface area contributed by atoms with Crippen LogP contribution in [-0.4, -0.2) is 20.7 Å². The first kappa shape index (κ1) is 17.8. The highest BCUT2D eigenvalue weighted by Gasteiger charge is 2.21. The number of hydrogen-bond donors (Lipinski definition) is 2. The predicted molar refractivity (Wildman–Crippen MR) is 111 cm³/mol. The second kappa shape index (κ2) is 7.98. The topological polar surface area (TPSA) is 85.8 Å². The summed E-state index contributed by atoms with van der Waals surface area (Å²) in [7, 11) is 0. The lowest BCUT2D eigenvalue weighted by molar-refractivity contribution is 0.102. The zero-order valence-corrected chi connectivity index (χ0v) is 15.6. The minimum atomic E-state index is -0.247. The first-order valence-electron chi connectivity index (χ1n) is 8.61. The molecule has 4 rings (SSSR count). The third kappa shape index (κ3) is 3.74. The molecule has 138 valence electrons. The molecule has 6 nitrogen and oxygen atoms in total. The molecule has 3 N–H and O–H groups in total. The summed E-state index contributed by atoms with van der Waals surface area (Å²) in [6, 6.07) is 24.3. The summed E-state index contributed by atoms with van der Waals surface area (Å²) in [5, 5.41) is 8.10. The number of pyridine rings is 1. The Morgan fingerprint density at radius 1 is 0.929 bits per heavy atom. The predicted octanol–water partition coefficient (Wildman–Crippen LogP) is 4.25. The zero-order chi connectivity index (χ0) is 19.3. The van der Waals surface area contributed by atoms with E-state index < -0.39 is 0 Å². The quantitative estimate of drug-likeness (QED) is 0.535. The molecular formula is C21H17N5OS. The molecule has 0 aliphatic heterocycles. The van der Waals surface area contributed by atoms with Crippen molar-refractivity contribution in [3.05, 3.63) is 90.6 Å². The zero-order valence-electron chi connectivity index (χ0n) is 14.8. The highest BCUT2D eigenvalue weighted by molar-refractivity contribution is 7.99. The largest absolute Gasteiger partial charge is 0.382 e. The molecule has 0 atom stereocenters. The fourth-order valence-electron chi connectivity index (χ4n) is 2.63. The van der Waals surface area contributed by atoms with Crippen LogP contribution in [0.5, 0.6) is 0 Å². The van der Waals surface area contributed by atoms with Gasteiger partial charge in [0.25, 0.3) is 5.91 Å². The van der Waals surface area contributed by atoms with Crippen LogP contribution in [0.25, 0.3) is 5.82 Å². The number of nitrogens with one attached hydrogen (secondary N) is 1. The van der Waals surface area contributed by atoms with Gasteiger partial charge in [-0.05, 0) is 36.4 Å². The molecule has 0 unspecified atom stereocenters. The second-order valence-corrected chi connectivity index (χ2v) is 6.96. The van der Waals surface area contributed by atoms with Gasteiger partial charge in [-0.3, -0.25) is 4.79 Å². The van der Waals surface area contributed by atoms with Crippen molar-refractivity contribution in [3.8, 4) is 5.82 Å². The van der Waals surface area contributed by atoms with Crippen molar-refractivity contribution in [2.75, 3.05) is 11.1 Å². The van der Waals surface area contributed by atoms with Gasteiger partial charge in [-0.2, -0.15) is 9.78 Å². The van der Waals surface area contributed by atoms with Crippen molar-refractivity contribution in [2.24, 2.45) is 0 Å². The van der Waals surface area contributed by atoms with Gasteiger partial charge in [0.2, 0.25) is 0 Å². The van der Waals surface area contributed by atoms with Gasteiger partial charge in [0.05, 0.1) is 0 Å². The molecule has 0 saturated heterocycles. The highest BCUT2D eigenvalue weighted by Crippen LogP contribution is 2.37. The molecule has 1 amide bonds. The maximum atomic E-state index is 12.7. The molecule has 4 aromatic rings. The van der Waals surface area contributed by atoms with E-state index in [1.54, 1.807) is 18.3 Å². The first-order valence-corrected chi connectivity index (χ1v) is 9.43. The van der Waals surface area contributed by atoms with E-state index in [1.165, 1.54) is 16.4 Å². The molecule has 0 aliphatic rings. The summed E-state index contributed by atoms with van der Waals surface area (Å²) in [6.45, 7) is 0. The fourth-order valence-corrected chi connectivity index (χ4v) is 3.52. The number of carbonyl (C=O) groups excluding carboxylic acids is 1. The number of nitrogens with two attached hydrogens (primary N) is 1. The van der Waals surface area contributed by atoms with Crippen LogP contribution in [0.4, 0.5) is 11.5 Å². The van der Waals surface area contributed by atoms with Crippen LogP contribution in [0.3, 0.4) is 0 Å². The third-order valence-corrected chi connectivity index (χ3v) is 4.97. The van der Waals surface area contributed by atoms with E-state index in [1.807, 2.05) is 66.7 Å². The molecule has 0 fully saturated rings. The average molecular weight is 387 g/mol. The third-order valence-electron chi connectivity index (χ3n) is 3.99. The number of carbonyl (C=O) groups is 1. The molecular weight excluding hydrogens is 370 g/mol.